The van der Waals surface area contributed by atoms with Gasteiger partial charge in [-0.3, -0.25) is 18.9 Å². The SMILES string of the molecule is COc1ccc(C(O[C@@H]2C(COP(=O)(O)O)O[C@@H](n3cnc4c(=O)[nH]c(N)nc43)[C@@H]2O[Si](C)(C)C(C)(C)C)(c2ccccc2)c2ccccc2)cc1. The summed E-state index contributed by atoms with van der Waals surface area (Å²) in [5, 5.41) is -0.286. The number of benzene rings is 3. The molecule has 1 aliphatic rings. The van der Waals surface area contributed by atoms with Crippen molar-refractivity contribution in [1.29, 1.82) is 0 Å². The predicted octanol–water partition coefficient (Wildman–Crippen LogP) is 5.48. The zero-order valence-corrected chi connectivity index (χ0v) is 31.7. The minimum Gasteiger partial charge on any atom is -0.497 e. The van der Waals surface area contributed by atoms with Crippen LogP contribution in [0, 0.1) is 0 Å². The third kappa shape index (κ3) is 7.36. The molecule has 0 amide bonds. The number of fused-ring (bicyclic) bond motifs is 1. The quantitative estimate of drug-likeness (QED) is 0.0714. The molecular weight excluding hydrogens is 705 g/mol. The number of hydrogen-bond acceptors (Lipinski definition) is 10. The van der Waals surface area contributed by atoms with E-state index in [1.165, 1.54) is 6.33 Å². The number of anilines is 1. The summed E-state index contributed by atoms with van der Waals surface area (Å²) >= 11 is 0. The molecule has 0 bridgehead atoms. The maximum atomic E-state index is 12.9. The first-order valence-electron chi connectivity index (χ1n) is 16.7. The Bertz CT molecular complexity index is 2060. The van der Waals surface area contributed by atoms with Gasteiger partial charge in [0.2, 0.25) is 5.95 Å². The molecule has 1 unspecified atom stereocenters. The first-order chi connectivity index (χ1) is 24.5. The molecule has 52 heavy (non-hydrogen) atoms. The molecule has 0 spiro atoms. The highest BCUT2D eigenvalue weighted by Crippen LogP contribution is 2.49. The smallest absolute Gasteiger partial charge is 0.469 e. The lowest BCUT2D eigenvalue weighted by Gasteiger charge is -2.44. The second-order valence-corrected chi connectivity index (χ2v) is 20.2. The predicted molar refractivity (Wildman–Crippen MR) is 197 cm³/mol. The molecule has 1 saturated heterocycles. The molecule has 1 fully saturated rings. The molecule has 2 aromatic heterocycles. The van der Waals surface area contributed by atoms with Crippen molar-refractivity contribution in [3.8, 4) is 5.75 Å². The van der Waals surface area contributed by atoms with Crippen LogP contribution in [-0.4, -0.2) is 69.7 Å². The van der Waals surface area contributed by atoms with Crippen molar-refractivity contribution < 1.29 is 37.5 Å². The summed E-state index contributed by atoms with van der Waals surface area (Å²) in [5.41, 5.74) is 6.55. The highest BCUT2D eigenvalue weighted by molar-refractivity contribution is 7.46. The normalized spacial score (nSPS) is 20.0. The summed E-state index contributed by atoms with van der Waals surface area (Å²) in [6.07, 6.45) is -2.76. The highest BCUT2D eigenvalue weighted by Gasteiger charge is 2.55. The second kappa shape index (κ2) is 14.3. The van der Waals surface area contributed by atoms with Crippen LogP contribution in [0.25, 0.3) is 11.2 Å². The van der Waals surface area contributed by atoms with Crippen LogP contribution in [0.1, 0.15) is 43.7 Å². The number of imidazole rings is 1. The lowest BCUT2D eigenvalue weighted by molar-refractivity contribution is -0.109. The van der Waals surface area contributed by atoms with E-state index in [4.69, 9.17) is 28.9 Å². The van der Waals surface area contributed by atoms with Crippen LogP contribution < -0.4 is 16.0 Å². The number of rotatable bonds is 12. The molecule has 5 N–H and O–H groups in total. The third-order valence-corrected chi connectivity index (χ3v) is 14.8. The molecule has 6 rings (SSSR count). The number of ether oxygens (including phenoxy) is 3. The Morgan fingerprint density at radius 2 is 1.52 bits per heavy atom. The molecule has 0 saturated carbocycles. The number of nitrogens with one attached hydrogen (secondary N) is 1. The van der Waals surface area contributed by atoms with Gasteiger partial charge in [-0.15, -0.1) is 0 Å². The summed E-state index contributed by atoms with van der Waals surface area (Å²) in [6.45, 7) is 9.89. The molecule has 14 nitrogen and oxygen atoms in total. The van der Waals surface area contributed by atoms with Crippen molar-refractivity contribution in [3.05, 3.63) is 118 Å². The number of nitrogens with two attached hydrogens (primary N) is 1. The van der Waals surface area contributed by atoms with Gasteiger partial charge in [0.1, 0.15) is 29.7 Å². The molecule has 0 aliphatic carbocycles. The van der Waals surface area contributed by atoms with Crippen LogP contribution in [-0.2, 0) is 28.6 Å². The monoisotopic (exact) mass is 749 g/mol. The number of phosphoric acid groups is 1. The van der Waals surface area contributed by atoms with E-state index in [0.717, 1.165) is 16.7 Å². The summed E-state index contributed by atoms with van der Waals surface area (Å²) < 4.78 is 45.7. The standard InChI is InChI=1S/C36H44N5O9PSi/c1-35(2,3)52(5,6)50-30-29(27(21-47-51(43,44)45)48-33(30)41-22-38-28-31(41)39-34(37)40-32(28)42)49-36(23-13-9-7-10-14-23,24-15-11-8-12-16-24)25-17-19-26(46-4)20-18-25/h7-20,22,27,29-30,33H,21H2,1-6H3,(H2,43,44,45)(H3,37,39,40,42)/t27?,29-,30-,33-/m1/s1. The molecule has 4 atom stereocenters. The number of phosphoric ester groups is 1. The average molecular weight is 750 g/mol. The van der Waals surface area contributed by atoms with Gasteiger partial charge in [0.15, 0.2) is 25.7 Å². The maximum Gasteiger partial charge on any atom is 0.469 e. The maximum absolute atomic E-state index is 12.9. The molecular formula is C36H44N5O9PSi. The first kappa shape index (κ1) is 37.6. The Kier molecular flexibility index (Phi) is 10.4. The Morgan fingerprint density at radius 1 is 0.942 bits per heavy atom. The van der Waals surface area contributed by atoms with Gasteiger partial charge in [-0.2, -0.15) is 4.98 Å². The lowest BCUT2D eigenvalue weighted by Crippen LogP contribution is -2.52. The van der Waals surface area contributed by atoms with Gasteiger partial charge in [0, 0.05) is 0 Å². The number of nitrogens with zero attached hydrogens (tertiary/aromatic N) is 3. The van der Waals surface area contributed by atoms with Crippen molar-refractivity contribution >= 4 is 33.3 Å². The second-order valence-electron chi connectivity index (χ2n) is 14.2. The molecule has 3 aromatic carbocycles. The zero-order valence-electron chi connectivity index (χ0n) is 29.8. The van der Waals surface area contributed by atoms with E-state index < -0.39 is 58.4 Å². The Hall–Kier alpha value is -4.18. The van der Waals surface area contributed by atoms with Crippen molar-refractivity contribution in [3.63, 3.8) is 0 Å². The van der Waals surface area contributed by atoms with E-state index in [1.807, 2.05) is 84.9 Å². The Labute approximate surface area is 302 Å². The lowest BCUT2D eigenvalue weighted by atomic mass is 9.79. The van der Waals surface area contributed by atoms with Crippen LogP contribution in [0.15, 0.2) is 96.1 Å². The zero-order chi connectivity index (χ0) is 37.5. The van der Waals surface area contributed by atoms with Crippen molar-refractivity contribution in [1.82, 2.24) is 19.5 Å². The summed E-state index contributed by atoms with van der Waals surface area (Å²) in [4.78, 5) is 43.8. The largest absolute Gasteiger partial charge is 0.497 e. The number of aromatic amines is 1. The Balaban J connectivity index is 1.61. The first-order valence-corrected chi connectivity index (χ1v) is 21.2. The summed E-state index contributed by atoms with van der Waals surface area (Å²) in [6, 6.07) is 26.8. The van der Waals surface area contributed by atoms with E-state index >= 15 is 0 Å². The molecule has 1 aliphatic heterocycles. The minimum absolute atomic E-state index is 0.0254. The average Bonchev–Trinajstić information content (AvgIpc) is 3.66. The fraction of sp³-hybridized carbons (Fsp3) is 0.361. The fourth-order valence-corrected chi connectivity index (χ4v) is 7.86. The fourth-order valence-electron chi connectivity index (χ4n) is 6.23. The van der Waals surface area contributed by atoms with Gasteiger partial charge in [0.25, 0.3) is 5.56 Å². The van der Waals surface area contributed by atoms with E-state index in [0.29, 0.717) is 5.75 Å². The minimum atomic E-state index is -4.97. The number of aromatic nitrogens is 4. The van der Waals surface area contributed by atoms with Crippen LogP contribution in [0.4, 0.5) is 5.95 Å². The van der Waals surface area contributed by atoms with Crippen LogP contribution in [0.5, 0.6) is 5.75 Å². The third-order valence-electron chi connectivity index (χ3n) is 9.82. The van der Waals surface area contributed by atoms with Crippen molar-refractivity contribution in [2.45, 2.75) is 69.0 Å². The molecule has 276 valence electrons. The van der Waals surface area contributed by atoms with Crippen LogP contribution >= 0.6 is 7.82 Å². The topological polar surface area (TPSA) is 193 Å². The van der Waals surface area contributed by atoms with Gasteiger partial charge in [-0.1, -0.05) is 93.6 Å². The number of H-pyrrole nitrogens is 1. The summed E-state index contributed by atoms with van der Waals surface area (Å²) in [7, 11) is -6.07. The van der Waals surface area contributed by atoms with Gasteiger partial charge in [-0.05, 0) is 47.0 Å². The molecule has 5 aromatic rings. The molecule has 3 heterocycles. The van der Waals surface area contributed by atoms with Crippen LogP contribution in [0.2, 0.25) is 18.1 Å². The Morgan fingerprint density at radius 3 is 2.06 bits per heavy atom. The molecule has 0 radical (unpaired) electrons. The van der Waals surface area contributed by atoms with E-state index in [9.17, 15) is 19.1 Å². The number of hydrogen-bond donors (Lipinski definition) is 4. The van der Waals surface area contributed by atoms with Gasteiger partial charge >= 0.3 is 7.82 Å². The number of nitrogen functional groups attached to an aromatic ring is 1. The van der Waals surface area contributed by atoms with E-state index in [-0.39, 0.29) is 22.2 Å². The van der Waals surface area contributed by atoms with Gasteiger partial charge in [-0.25, -0.2) is 9.55 Å². The summed E-state index contributed by atoms with van der Waals surface area (Å²) in [5.74, 6) is 0.517. The van der Waals surface area contributed by atoms with Crippen molar-refractivity contribution in [2.24, 2.45) is 0 Å². The van der Waals surface area contributed by atoms with Gasteiger partial charge in [0.05, 0.1) is 20.0 Å². The number of methoxy groups -OCH3 is 1. The van der Waals surface area contributed by atoms with Crippen LogP contribution in [0.3, 0.4) is 0 Å². The van der Waals surface area contributed by atoms with E-state index in [1.54, 1.807) is 11.7 Å². The van der Waals surface area contributed by atoms with E-state index in [2.05, 4.69) is 48.8 Å². The van der Waals surface area contributed by atoms with Crippen molar-refractivity contribution in [2.75, 3.05) is 19.5 Å². The molecule has 16 heteroatoms. The highest BCUT2D eigenvalue weighted by atomic mass is 31.2. The van der Waals surface area contributed by atoms with Gasteiger partial charge < -0.3 is 34.2 Å².